The first-order valence-electron chi connectivity index (χ1n) is 7.23. The van der Waals surface area contributed by atoms with Crippen LogP contribution in [0.5, 0.6) is 5.75 Å². The molecule has 21 heavy (non-hydrogen) atoms. The molecule has 118 valence electrons. The highest BCUT2D eigenvalue weighted by Crippen LogP contribution is 2.20. The minimum absolute atomic E-state index is 0.205. The predicted molar refractivity (Wildman–Crippen MR) is 79.9 cm³/mol. The molecule has 1 aromatic carbocycles. The lowest BCUT2D eigenvalue weighted by atomic mass is 10.0. The number of carboxylic acid groups (broad SMARTS) is 1. The summed E-state index contributed by atoms with van der Waals surface area (Å²) in [5.74, 6) is -1.15. The molecule has 0 radical (unpaired) electrons. The van der Waals surface area contributed by atoms with Crippen molar-refractivity contribution in [3.8, 4) is 5.75 Å². The van der Waals surface area contributed by atoms with Gasteiger partial charge in [0.1, 0.15) is 0 Å². The number of nitrogens with one attached hydrogen (secondary N) is 1. The van der Waals surface area contributed by atoms with Crippen molar-refractivity contribution in [3.05, 3.63) is 29.6 Å². The summed E-state index contributed by atoms with van der Waals surface area (Å²) < 4.78 is 18.9. The van der Waals surface area contributed by atoms with Crippen LogP contribution in [0.3, 0.4) is 0 Å². The fraction of sp³-hybridized carbons (Fsp3) is 0.562. The fourth-order valence-electron chi connectivity index (χ4n) is 2.09. The first-order valence-corrected chi connectivity index (χ1v) is 7.23. The Kier molecular flexibility index (Phi) is 7.15. The molecule has 0 aliphatic rings. The molecule has 0 bridgehead atoms. The summed E-state index contributed by atoms with van der Waals surface area (Å²) in [6.45, 7) is 4.16. The Morgan fingerprint density at radius 3 is 2.71 bits per heavy atom. The van der Waals surface area contributed by atoms with Gasteiger partial charge in [-0.15, -0.1) is 0 Å². The van der Waals surface area contributed by atoms with E-state index in [-0.39, 0.29) is 23.5 Å². The first kappa shape index (κ1) is 17.4. The lowest BCUT2D eigenvalue weighted by Gasteiger charge is -2.15. The highest BCUT2D eigenvalue weighted by Gasteiger charge is 2.12. The van der Waals surface area contributed by atoms with E-state index >= 15 is 0 Å². The van der Waals surface area contributed by atoms with E-state index < -0.39 is 5.97 Å². The van der Waals surface area contributed by atoms with Gasteiger partial charge in [-0.2, -0.15) is 0 Å². The van der Waals surface area contributed by atoms with Gasteiger partial charge in [-0.05, 0) is 25.8 Å². The Hall–Kier alpha value is -1.62. The Morgan fingerprint density at radius 1 is 1.38 bits per heavy atom. The largest absolute Gasteiger partial charge is 0.494 e. The third-order valence-electron chi connectivity index (χ3n) is 3.60. The molecule has 0 amide bonds. The van der Waals surface area contributed by atoms with E-state index in [4.69, 9.17) is 9.84 Å². The van der Waals surface area contributed by atoms with Crippen LogP contribution in [0.1, 0.15) is 38.7 Å². The van der Waals surface area contributed by atoms with Crippen molar-refractivity contribution in [3.63, 3.8) is 0 Å². The van der Waals surface area contributed by atoms with Crippen molar-refractivity contribution in [2.24, 2.45) is 5.92 Å². The highest BCUT2D eigenvalue weighted by molar-refractivity contribution is 5.69. The van der Waals surface area contributed by atoms with Crippen LogP contribution in [0.2, 0.25) is 0 Å². The molecule has 0 aliphatic carbocycles. The maximum absolute atomic E-state index is 13.9. The van der Waals surface area contributed by atoms with Gasteiger partial charge >= 0.3 is 5.97 Å². The fourth-order valence-corrected chi connectivity index (χ4v) is 2.09. The monoisotopic (exact) mass is 297 g/mol. The van der Waals surface area contributed by atoms with Crippen LogP contribution in [0, 0.1) is 11.7 Å². The first-order chi connectivity index (χ1) is 9.95. The average molecular weight is 297 g/mol. The number of ether oxygens (including phenoxy) is 1. The zero-order valence-electron chi connectivity index (χ0n) is 12.9. The van der Waals surface area contributed by atoms with Crippen molar-refractivity contribution in [1.29, 1.82) is 0 Å². The van der Waals surface area contributed by atoms with Crippen LogP contribution in [0.25, 0.3) is 0 Å². The van der Waals surface area contributed by atoms with Crippen molar-refractivity contribution in [2.45, 2.75) is 45.7 Å². The third-order valence-corrected chi connectivity index (χ3v) is 3.60. The van der Waals surface area contributed by atoms with Gasteiger partial charge in [-0.1, -0.05) is 25.5 Å². The molecule has 5 heteroatoms. The quantitative estimate of drug-likeness (QED) is 0.735. The SMILES string of the molecule is COc1cccc(CNC(C)CCCC(C)C(=O)O)c1F. The van der Waals surface area contributed by atoms with Gasteiger partial charge in [0.2, 0.25) is 0 Å². The molecule has 0 fully saturated rings. The van der Waals surface area contributed by atoms with Gasteiger partial charge in [0.25, 0.3) is 0 Å². The van der Waals surface area contributed by atoms with Gasteiger partial charge in [0, 0.05) is 18.2 Å². The third kappa shape index (κ3) is 5.71. The van der Waals surface area contributed by atoms with Gasteiger partial charge in [0.15, 0.2) is 11.6 Å². The van der Waals surface area contributed by atoms with E-state index in [9.17, 15) is 9.18 Å². The molecule has 4 nitrogen and oxygen atoms in total. The van der Waals surface area contributed by atoms with Crippen LogP contribution < -0.4 is 10.1 Å². The topological polar surface area (TPSA) is 58.6 Å². The van der Waals surface area contributed by atoms with Crippen LogP contribution in [0.4, 0.5) is 4.39 Å². The van der Waals surface area contributed by atoms with Gasteiger partial charge in [-0.3, -0.25) is 4.79 Å². The molecule has 2 unspecified atom stereocenters. The molecule has 1 rings (SSSR count). The maximum atomic E-state index is 13.9. The number of halogens is 1. The lowest BCUT2D eigenvalue weighted by molar-refractivity contribution is -0.141. The normalized spacial score (nSPS) is 13.7. The van der Waals surface area contributed by atoms with Gasteiger partial charge in [0.05, 0.1) is 13.0 Å². The second-order valence-corrected chi connectivity index (χ2v) is 5.39. The number of hydrogen-bond donors (Lipinski definition) is 2. The van der Waals surface area contributed by atoms with Crippen LogP contribution in [-0.2, 0) is 11.3 Å². The molecule has 0 spiro atoms. The van der Waals surface area contributed by atoms with Crippen LogP contribution in [-0.4, -0.2) is 24.2 Å². The minimum Gasteiger partial charge on any atom is -0.494 e. The Balaban J connectivity index is 2.36. The van der Waals surface area contributed by atoms with Crippen molar-refractivity contribution in [1.82, 2.24) is 5.32 Å². The van der Waals surface area contributed by atoms with E-state index in [1.807, 2.05) is 6.92 Å². The molecular formula is C16H24FNO3. The summed E-state index contributed by atoms with van der Waals surface area (Å²) >= 11 is 0. The minimum atomic E-state index is -0.755. The second-order valence-electron chi connectivity index (χ2n) is 5.39. The molecule has 0 aromatic heterocycles. The molecule has 2 N–H and O–H groups in total. The smallest absolute Gasteiger partial charge is 0.306 e. The van der Waals surface area contributed by atoms with Crippen LogP contribution >= 0.6 is 0 Å². The average Bonchev–Trinajstić information content (AvgIpc) is 2.46. The highest BCUT2D eigenvalue weighted by atomic mass is 19.1. The number of carbonyl (C=O) groups is 1. The van der Waals surface area contributed by atoms with E-state index in [2.05, 4.69) is 5.32 Å². The van der Waals surface area contributed by atoms with Crippen molar-refractivity contribution >= 4 is 5.97 Å². The molecular weight excluding hydrogens is 273 g/mol. The molecule has 0 saturated heterocycles. The summed E-state index contributed by atoms with van der Waals surface area (Å²) in [4.78, 5) is 10.7. The standard InChI is InChI=1S/C16H24FNO3/c1-11(16(19)20)6-4-7-12(2)18-10-13-8-5-9-14(21-3)15(13)17/h5,8-9,11-12,18H,4,6-7,10H2,1-3H3,(H,19,20). The number of aliphatic carboxylic acids is 1. The number of methoxy groups -OCH3 is 1. The molecule has 0 heterocycles. The summed E-state index contributed by atoms with van der Waals surface area (Å²) in [5, 5.41) is 12.1. The maximum Gasteiger partial charge on any atom is 0.306 e. The lowest BCUT2D eigenvalue weighted by Crippen LogP contribution is -2.26. The zero-order chi connectivity index (χ0) is 15.8. The second kappa shape index (κ2) is 8.62. The summed E-state index contributed by atoms with van der Waals surface area (Å²) in [5.41, 5.74) is 0.570. The van der Waals surface area contributed by atoms with E-state index in [0.717, 1.165) is 12.8 Å². The number of benzene rings is 1. The van der Waals surface area contributed by atoms with Crippen molar-refractivity contribution < 1.29 is 19.0 Å². The molecule has 1 aromatic rings. The van der Waals surface area contributed by atoms with E-state index in [1.54, 1.807) is 25.1 Å². The molecule has 0 saturated carbocycles. The Morgan fingerprint density at radius 2 is 2.10 bits per heavy atom. The number of carboxylic acids is 1. The summed E-state index contributed by atoms with van der Waals surface area (Å²) in [7, 11) is 1.45. The zero-order valence-corrected chi connectivity index (χ0v) is 12.9. The van der Waals surface area contributed by atoms with Gasteiger partial charge in [-0.25, -0.2) is 4.39 Å². The van der Waals surface area contributed by atoms with Crippen LogP contribution in [0.15, 0.2) is 18.2 Å². The molecule has 2 atom stereocenters. The summed E-state index contributed by atoms with van der Waals surface area (Å²) in [6.07, 6.45) is 2.36. The number of rotatable bonds is 9. The Labute approximate surface area is 125 Å². The molecule has 0 aliphatic heterocycles. The number of hydrogen-bond acceptors (Lipinski definition) is 3. The Bertz CT molecular complexity index is 465. The predicted octanol–water partition coefficient (Wildman–Crippen LogP) is 3.20. The summed E-state index contributed by atoms with van der Waals surface area (Å²) in [6, 6.07) is 5.29. The van der Waals surface area contributed by atoms with Gasteiger partial charge < -0.3 is 15.2 Å². The van der Waals surface area contributed by atoms with E-state index in [1.165, 1.54) is 7.11 Å². The van der Waals surface area contributed by atoms with Crippen molar-refractivity contribution in [2.75, 3.05) is 7.11 Å². The van der Waals surface area contributed by atoms with E-state index in [0.29, 0.717) is 18.5 Å².